The van der Waals surface area contributed by atoms with Gasteiger partial charge in [0.05, 0.1) is 6.26 Å². The van der Waals surface area contributed by atoms with Crippen molar-refractivity contribution in [3.05, 3.63) is 0 Å². The van der Waals surface area contributed by atoms with E-state index in [9.17, 15) is 13.2 Å². The van der Waals surface area contributed by atoms with Crippen LogP contribution in [-0.4, -0.2) is 44.6 Å². The highest BCUT2D eigenvalue weighted by molar-refractivity contribution is 7.88. The predicted octanol–water partition coefficient (Wildman–Crippen LogP) is -0.669. The van der Waals surface area contributed by atoms with E-state index in [0.29, 0.717) is 0 Å². The van der Waals surface area contributed by atoms with Crippen molar-refractivity contribution >= 4 is 27.7 Å². The molecule has 0 atom stereocenters. The van der Waals surface area contributed by atoms with Crippen LogP contribution >= 0.6 is 11.6 Å². The first-order valence-corrected chi connectivity index (χ1v) is 5.82. The van der Waals surface area contributed by atoms with Crippen LogP contribution in [-0.2, 0) is 10.0 Å². The Labute approximate surface area is 82.3 Å². The lowest BCUT2D eigenvalue weighted by Crippen LogP contribution is -2.49. The molecule has 78 valence electrons. The van der Waals surface area contributed by atoms with E-state index in [1.807, 2.05) is 0 Å². The van der Waals surface area contributed by atoms with Gasteiger partial charge in [-0.15, -0.1) is 16.0 Å². The van der Waals surface area contributed by atoms with Gasteiger partial charge in [0.15, 0.2) is 0 Å². The molecule has 0 aliphatic carbocycles. The smallest absolute Gasteiger partial charge is 0.329 e. The highest BCUT2D eigenvalue weighted by Gasteiger charge is 2.17. The third-order valence-corrected chi connectivity index (χ3v) is 2.38. The zero-order chi connectivity index (χ0) is 10.5. The summed E-state index contributed by atoms with van der Waals surface area (Å²) in [6.07, 6.45) is 0.982. The fourth-order valence-corrected chi connectivity index (χ4v) is 1.49. The lowest BCUT2D eigenvalue weighted by Gasteiger charge is -2.18. The quantitative estimate of drug-likeness (QED) is 0.496. The summed E-state index contributed by atoms with van der Waals surface area (Å²) in [5.74, 6) is 0.108. The van der Waals surface area contributed by atoms with Crippen LogP contribution in [0.25, 0.3) is 0 Å². The molecule has 0 fully saturated rings. The predicted molar refractivity (Wildman–Crippen MR) is 49.9 cm³/mol. The Hall–Kier alpha value is -0.530. The minimum absolute atomic E-state index is 0.0355. The minimum Gasteiger partial charge on any atom is -0.340 e. The van der Waals surface area contributed by atoms with Crippen LogP contribution in [0.3, 0.4) is 0 Å². The van der Waals surface area contributed by atoms with E-state index >= 15 is 0 Å². The zero-order valence-corrected chi connectivity index (χ0v) is 8.94. The van der Waals surface area contributed by atoms with Crippen molar-refractivity contribution in [2.45, 2.75) is 0 Å². The number of nitrogens with zero attached hydrogens (tertiary/aromatic N) is 1. The van der Waals surface area contributed by atoms with Gasteiger partial charge in [-0.2, -0.15) is 0 Å². The fourth-order valence-electron chi connectivity index (χ4n) is 0.551. The number of hydrogen-bond donors (Lipinski definition) is 2. The molecule has 0 aliphatic heterocycles. The molecular weight excluding hydrogens is 218 g/mol. The van der Waals surface area contributed by atoms with E-state index in [0.717, 1.165) is 10.7 Å². The van der Waals surface area contributed by atoms with Crippen molar-refractivity contribution < 1.29 is 13.2 Å². The van der Waals surface area contributed by atoms with E-state index in [2.05, 4.69) is 10.7 Å². The number of rotatable bonds is 4. The second kappa shape index (κ2) is 5.25. The SMILES string of the molecule is CNC(=O)NN(CCCl)S(C)(=O)=O. The Bertz CT molecular complexity index is 266. The number of hydrazine groups is 1. The summed E-state index contributed by atoms with van der Waals surface area (Å²) in [7, 11) is -2.07. The van der Waals surface area contributed by atoms with Crippen molar-refractivity contribution in [1.29, 1.82) is 0 Å². The van der Waals surface area contributed by atoms with Gasteiger partial charge in [0.1, 0.15) is 0 Å². The molecule has 0 aromatic heterocycles. The van der Waals surface area contributed by atoms with Gasteiger partial charge in [-0.25, -0.2) is 13.2 Å². The molecule has 0 radical (unpaired) electrons. The van der Waals surface area contributed by atoms with Gasteiger partial charge in [0.25, 0.3) is 0 Å². The van der Waals surface area contributed by atoms with Crippen molar-refractivity contribution in [3.8, 4) is 0 Å². The lowest BCUT2D eigenvalue weighted by molar-refractivity contribution is 0.223. The molecule has 0 saturated heterocycles. The summed E-state index contributed by atoms with van der Waals surface area (Å²) < 4.78 is 22.8. The molecule has 0 rings (SSSR count). The van der Waals surface area contributed by atoms with E-state index < -0.39 is 16.1 Å². The molecule has 0 spiro atoms. The third kappa shape index (κ3) is 4.91. The van der Waals surface area contributed by atoms with Gasteiger partial charge < -0.3 is 5.32 Å². The van der Waals surface area contributed by atoms with Crippen LogP contribution in [0.5, 0.6) is 0 Å². The second-order valence-electron chi connectivity index (χ2n) is 2.22. The Balaban J connectivity index is 4.36. The monoisotopic (exact) mass is 229 g/mol. The number of urea groups is 1. The summed E-state index contributed by atoms with van der Waals surface area (Å²) in [4.78, 5) is 10.8. The van der Waals surface area contributed by atoms with Crippen LogP contribution in [0.2, 0.25) is 0 Å². The van der Waals surface area contributed by atoms with Crippen molar-refractivity contribution in [1.82, 2.24) is 15.2 Å². The Morgan fingerprint density at radius 3 is 2.38 bits per heavy atom. The van der Waals surface area contributed by atoms with E-state index in [1.165, 1.54) is 7.05 Å². The van der Waals surface area contributed by atoms with Gasteiger partial charge in [-0.1, -0.05) is 0 Å². The number of nitrogens with one attached hydrogen (secondary N) is 2. The van der Waals surface area contributed by atoms with Gasteiger partial charge in [-0.05, 0) is 0 Å². The maximum absolute atomic E-state index is 11.0. The van der Waals surface area contributed by atoms with Gasteiger partial charge in [0, 0.05) is 19.5 Å². The minimum atomic E-state index is -3.46. The molecule has 0 heterocycles. The first-order chi connectivity index (χ1) is 5.91. The number of carbonyl (C=O) groups is 1. The number of carbonyl (C=O) groups excluding carboxylic acids is 1. The molecule has 0 saturated carbocycles. The Morgan fingerprint density at radius 1 is 1.54 bits per heavy atom. The van der Waals surface area contributed by atoms with Crippen LogP contribution in [0.1, 0.15) is 0 Å². The summed E-state index contributed by atoms with van der Waals surface area (Å²) in [6.45, 7) is 0.0355. The Kier molecular flexibility index (Phi) is 5.04. The molecule has 0 bridgehead atoms. The van der Waals surface area contributed by atoms with Crippen LogP contribution in [0.4, 0.5) is 4.79 Å². The summed E-state index contributed by atoms with van der Waals surface area (Å²) in [5.41, 5.74) is 2.12. The number of hydrogen-bond acceptors (Lipinski definition) is 3. The first-order valence-electron chi connectivity index (χ1n) is 3.44. The van der Waals surface area contributed by atoms with Gasteiger partial charge >= 0.3 is 6.03 Å². The molecule has 2 amide bonds. The van der Waals surface area contributed by atoms with Crippen LogP contribution in [0.15, 0.2) is 0 Å². The van der Waals surface area contributed by atoms with Gasteiger partial charge in [-0.3, -0.25) is 5.43 Å². The van der Waals surface area contributed by atoms with Crippen molar-refractivity contribution in [3.63, 3.8) is 0 Å². The standard InChI is InChI=1S/C5H12ClN3O3S/c1-7-5(10)8-9(4-3-6)13(2,11)12/h3-4H2,1-2H3,(H2,7,8,10). The molecule has 6 nitrogen and oxygen atoms in total. The second-order valence-corrected chi connectivity index (χ2v) is 4.50. The average molecular weight is 230 g/mol. The fraction of sp³-hybridized carbons (Fsp3) is 0.800. The molecule has 13 heavy (non-hydrogen) atoms. The first kappa shape index (κ1) is 12.5. The maximum Gasteiger partial charge on any atom is 0.329 e. The topological polar surface area (TPSA) is 78.5 Å². The van der Waals surface area contributed by atoms with Crippen molar-refractivity contribution in [2.24, 2.45) is 0 Å². The zero-order valence-electron chi connectivity index (χ0n) is 7.37. The van der Waals surface area contributed by atoms with Crippen LogP contribution < -0.4 is 10.7 Å². The third-order valence-electron chi connectivity index (χ3n) is 1.14. The van der Waals surface area contributed by atoms with E-state index in [-0.39, 0.29) is 12.4 Å². The summed E-state index contributed by atoms with van der Waals surface area (Å²) in [6, 6.07) is -0.601. The average Bonchev–Trinajstić information content (AvgIpc) is 2.01. The van der Waals surface area contributed by atoms with Crippen LogP contribution in [0, 0.1) is 0 Å². The largest absolute Gasteiger partial charge is 0.340 e. The summed E-state index contributed by atoms with van der Waals surface area (Å²) in [5, 5.41) is 2.23. The van der Waals surface area contributed by atoms with E-state index in [1.54, 1.807) is 0 Å². The molecule has 0 unspecified atom stereocenters. The Morgan fingerprint density at radius 2 is 2.08 bits per heavy atom. The normalized spacial score (nSPS) is 11.4. The molecule has 8 heteroatoms. The number of alkyl halides is 1. The number of halogens is 1. The highest BCUT2D eigenvalue weighted by atomic mass is 35.5. The lowest BCUT2D eigenvalue weighted by atomic mass is 10.8. The number of amides is 2. The molecule has 0 aromatic rings. The van der Waals surface area contributed by atoms with Gasteiger partial charge in [0.2, 0.25) is 10.0 Å². The number of sulfonamides is 1. The molecule has 2 N–H and O–H groups in total. The molecule has 0 aromatic carbocycles. The molecular formula is C5H12ClN3O3S. The van der Waals surface area contributed by atoms with Crippen molar-refractivity contribution in [2.75, 3.05) is 25.7 Å². The highest BCUT2D eigenvalue weighted by Crippen LogP contribution is 1.93. The maximum atomic E-state index is 11.0. The molecule has 0 aliphatic rings. The van der Waals surface area contributed by atoms with E-state index in [4.69, 9.17) is 11.6 Å². The summed E-state index contributed by atoms with van der Waals surface area (Å²) >= 11 is 5.35.